The Labute approximate surface area is 111 Å². The lowest BCUT2D eigenvalue weighted by Gasteiger charge is -1.95. The van der Waals surface area contributed by atoms with E-state index in [0.717, 1.165) is 23.4 Å². The molecular formula is C13H13Cl2N2+. The molecule has 0 amide bonds. The zero-order valence-corrected chi connectivity index (χ0v) is 11.3. The lowest BCUT2D eigenvalue weighted by Crippen LogP contribution is -2.35. The molecule has 88 valence electrons. The van der Waals surface area contributed by atoms with Gasteiger partial charge in [0.2, 0.25) is 0 Å². The van der Waals surface area contributed by atoms with Gasteiger partial charge in [0, 0.05) is 19.1 Å². The van der Waals surface area contributed by atoms with Crippen molar-refractivity contribution in [3.63, 3.8) is 0 Å². The Morgan fingerprint density at radius 3 is 2.59 bits per heavy atom. The Morgan fingerprint density at radius 1 is 1.35 bits per heavy atom. The normalized spacial score (nSPS) is 10.8. The zero-order chi connectivity index (χ0) is 12.6. The molecule has 0 saturated heterocycles. The van der Waals surface area contributed by atoms with Crippen LogP contribution < -0.4 is 4.57 Å². The van der Waals surface area contributed by atoms with Crippen LogP contribution in [-0.2, 0) is 13.1 Å². The highest BCUT2D eigenvalue weighted by Gasteiger charge is 2.21. The van der Waals surface area contributed by atoms with Gasteiger partial charge in [0.25, 0.3) is 5.82 Å². The van der Waals surface area contributed by atoms with Gasteiger partial charge in [-0.2, -0.15) is 0 Å². The molecule has 4 heteroatoms. The largest absolute Gasteiger partial charge is 0.255 e. The first-order valence-corrected chi connectivity index (χ1v) is 6.16. The fraction of sp³-hybridized carbons (Fsp3) is 0.308. The van der Waals surface area contributed by atoms with Crippen LogP contribution in [0, 0.1) is 19.3 Å². The summed E-state index contributed by atoms with van der Waals surface area (Å²) >= 11 is 12.1. The molecule has 0 N–H and O–H groups in total. The maximum absolute atomic E-state index is 6.06. The summed E-state index contributed by atoms with van der Waals surface area (Å²) in [6.07, 6.45) is 5.40. The summed E-state index contributed by atoms with van der Waals surface area (Å²) in [6, 6.07) is 3.76. The molecule has 0 atom stereocenters. The van der Waals surface area contributed by atoms with Gasteiger partial charge in [0.05, 0.1) is 16.6 Å². The Bertz CT molecular complexity index is 621. The number of halogens is 2. The van der Waals surface area contributed by atoms with Gasteiger partial charge in [-0.05, 0) is 6.92 Å². The summed E-state index contributed by atoms with van der Waals surface area (Å²) in [7, 11) is 0. The first-order chi connectivity index (χ1) is 8.10. The molecule has 0 spiro atoms. The van der Waals surface area contributed by atoms with Crippen LogP contribution in [0.15, 0.2) is 12.1 Å². The number of aryl methyl sites for hydroxylation is 1. The van der Waals surface area contributed by atoms with Gasteiger partial charge in [-0.1, -0.05) is 29.1 Å². The average molecular weight is 268 g/mol. The van der Waals surface area contributed by atoms with Gasteiger partial charge in [0.1, 0.15) is 0 Å². The van der Waals surface area contributed by atoms with Crippen molar-refractivity contribution in [2.24, 2.45) is 0 Å². The molecule has 17 heavy (non-hydrogen) atoms. The topological polar surface area (TPSA) is 8.81 Å². The van der Waals surface area contributed by atoms with E-state index in [2.05, 4.69) is 22.0 Å². The van der Waals surface area contributed by atoms with Gasteiger partial charge in [-0.15, -0.1) is 6.42 Å². The number of aromatic nitrogens is 2. The van der Waals surface area contributed by atoms with E-state index in [1.54, 1.807) is 0 Å². The Balaban J connectivity index is 2.86. The van der Waals surface area contributed by atoms with E-state index in [-0.39, 0.29) is 0 Å². The molecule has 0 fully saturated rings. The van der Waals surface area contributed by atoms with Crippen LogP contribution in [0.5, 0.6) is 0 Å². The van der Waals surface area contributed by atoms with Crippen molar-refractivity contribution in [3.05, 3.63) is 28.0 Å². The van der Waals surface area contributed by atoms with E-state index in [9.17, 15) is 0 Å². The molecule has 2 aromatic rings. The molecule has 0 aliphatic carbocycles. The number of hydrogen-bond donors (Lipinski definition) is 0. The second-order valence-electron chi connectivity index (χ2n) is 3.84. The molecule has 1 heterocycles. The molecule has 0 bridgehead atoms. The third-order valence-corrected chi connectivity index (χ3v) is 3.67. The molecule has 2 rings (SSSR count). The van der Waals surface area contributed by atoms with Gasteiger partial charge < -0.3 is 0 Å². The van der Waals surface area contributed by atoms with Crippen LogP contribution >= 0.6 is 23.2 Å². The second kappa shape index (κ2) is 4.60. The Kier molecular flexibility index (Phi) is 3.33. The van der Waals surface area contributed by atoms with Crippen molar-refractivity contribution in [2.75, 3.05) is 0 Å². The maximum atomic E-state index is 6.06. The lowest BCUT2D eigenvalue weighted by molar-refractivity contribution is -0.665. The zero-order valence-electron chi connectivity index (χ0n) is 9.80. The van der Waals surface area contributed by atoms with Gasteiger partial charge in [-0.3, -0.25) is 0 Å². The fourth-order valence-electron chi connectivity index (χ4n) is 2.14. The number of imidazole rings is 1. The number of rotatable bonds is 2. The predicted octanol–water partition coefficient (Wildman–Crippen LogP) is 3.20. The summed E-state index contributed by atoms with van der Waals surface area (Å²) < 4.78 is 4.25. The molecule has 0 aliphatic rings. The van der Waals surface area contributed by atoms with Crippen LogP contribution in [0.3, 0.4) is 0 Å². The predicted molar refractivity (Wildman–Crippen MR) is 71.4 cm³/mol. The average Bonchev–Trinajstić information content (AvgIpc) is 2.54. The van der Waals surface area contributed by atoms with E-state index in [0.29, 0.717) is 16.6 Å². The van der Waals surface area contributed by atoms with Crippen LogP contribution in [0.4, 0.5) is 0 Å². The standard InChI is InChI=1S/C13H13Cl2N2/c1-4-6-17-9(3)16(5-2)12-7-10(14)11(15)8-13(12)17/h1,7-8H,5-6H2,2-3H3/q+1. The van der Waals surface area contributed by atoms with E-state index >= 15 is 0 Å². The first-order valence-electron chi connectivity index (χ1n) is 5.41. The third kappa shape index (κ3) is 1.90. The molecule has 0 radical (unpaired) electrons. The van der Waals surface area contributed by atoms with Crippen molar-refractivity contribution in [1.29, 1.82) is 0 Å². The quantitative estimate of drug-likeness (QED) is 0.584. The number of terminal acetylenes is 1. The Morgan fingerprint density at radius 2 is 2.00 bits per heavy atom. The van der Waals surface area contributed by atoms with Crippen LogP contribution in [0.25, 0.3) is 11.0 Å². The molecule has 2 nitrogen and oxygen atoms in total. The summed E-state index contributed by atoms with van der Waals surface area (Å²) in [4.78, 5) is 0. The minimum atomic E-state index is 0.535. The molecular weight excluding hydrogens is 255 g/mol. The summed E-state index contributed by atoms with van der Waals surface area (Å²) in [5, 5.41) is 1.12. The fourth-order valence-corrected chi connectivity index (χ4v) is 2.46. The summed E-state index contributed by atoms with van der Waals surface area (Å²) in [5.41, 5.74) is 2.09. The molecule has 1 aromatic carbocycles. The first kappa shape index (κ1) is 12.3. The van der Waals surface area contributed by atoms with Crippen molar-refractivity contribution < 1.29 is 4.57 Å². The van der Waals surface area contributed by atoms with E-state index in [1.165, 1.54) is 0 Å². The van der Waals surface area contributed by atoms with Crippen molar-refractivity contribution >= 4 is 34.2 Å². The number of nitrogens with zero attached hydrogens (tertiary/aromatic N) is 2. The highest BCUT2D eigenvalue weighted by atomic mass is 35.5. The number of benzene rings is 1. The molecule has 0 unspecified atom stereocenters. The molecule has 0 saturated carbocycles. The van der Waals surface area contributed by atoms with Gasteiger partial charge >= 0.3 is 0 Å². The SMILES string of the molecule is C#CC[n+]1c(C)n(CC)c2cc(Cl)c(Cl)cc21. The van der Waals surface area contributed by atoms with Crippen molar-refractivity contribution in [1.82, 2.24) is 4.57 Å². The highest BCUT2D eigenvalue weighted by molar-refractivity contribution is 6.42. The molecule has 1 aromatic heterocycles. The Hall–Kier alpha value is -1.17. The van der Waals surface area contributed by atoms with Crippen LogP contribution in [-0.4, -0.2) is 4.57 Å². The number of hydrogen-bond acceptors (Lipinski definition) is 0. The van der Waals surface area contributed by atoms with Crippen molar-refractivity contribution in [3.8, 4) is 12.3 Å². The van der Waals surface area contributed by atoms with E-state index < -0.39 is 0 Å². The van der Waals surface area contributed by atoms with E-state index in [1.807, 2.05) is 19.1 Å². The van der Waals surface area contributed by atoms with Gasteiger partial charge in [-0.25, -0.2) is 9.13 Å². The number of fused-ring (bicyclic) bond motifs is 1. The summed E-state index contributed by atoms with van der Waals surface area (Å²) in [6.45, 7) is 5.54. The van der Waals surface area contributed by atoms with Crippen LogP contribution in [0.1, 0.15) is 12.7 Å². The monoisotopic (exact) mass is 267 g/mol. The van der Waals surface area contributed by atoms with Crippen molar-refractivity contribution in [2.45, 2.75) is 26.9 Å². The maximum Gasteiger partial charge on any atom is 0.255 e. The van der Waals surface area contributed by atoms with E-state index in [4.69, 9.17) is 29.6 Å². The molecule has 0 aliphatic heterocycles. The third-order valence-electron chi connectivity index (χ3n) is 2.95. The van der Waals surface area contributed by atoms with Crippen LogP contribution in [0.2, 0.25) is 10.0 Å². The smallest absolute Gasteiger partial charge is 0.228 e. The highest BCUT2D eigenvalue weighted by Crippen LogP contribution is 2.27. The lowest BCUT2D eigenvalue weighted by atomic mass is 10.3. The minimum absolute atomic E-state index is 0.535. The second-order valence-corrected chi connectivity index (χ2v) is 4.65. The minimum Gasteiger partial charge on any atom is -0.228 e. The van der Waals surface area contributed by atoms with Gasteiger partial charge in [0.15, 0.2) is 17.6 Å². The summed E-state index contributed by atoms with van der Waals surface area (Å²) in [5.74, 6) is 3.77.